The maximum Gasteiger partial charge on any atom is 0.252 e. The van der Waals surface area contributed by atoms with Crippen molar-refractivity contribution in [1.82, 2.24) is 10.3 Å². The van der Waals surface area contributed by atoms with Gasteiger partial charge < -0.3 is 20.1 Å². The number of hydrogen-bond donors (Lipinski definition) is 2. The molecule has 1 heterocycles. The van der Waals surface area contributed by atoms with E-state index in [4.69, 9.17) is 9.47 Å². The molecule has 122 valence electrons. The third-order valence-corrected chi connectivity index (χ3v) is 3.19. The molecule has 0 aliphatic carbocycles. The number of nitrogens with zero attached hydrogens (tertiary/aromatic N) is 1. The molecule has 0 atom stereocenters. The first-order valence-corrected chi connectivity index (χ1v) is 7.36. The molecule has 0 aliphatic rings. The first-order valence-electron chi connectivity index (χ1n) is 7.36. The topological polar surface area (TPSA) is 72.5 Å². The van der Waals surface area contributed by atoms with E-state index in [2.05, 4.69) is 15.6 Å². The van der Waals surface area contributed by atoms with Gasteiger partial charge in [0.1, 0.15) is 5.75 Å². The van der Waals surface area contributed by atoms with Crippen LogP contribution in [0.5, 0.6) is 5.75 Å². The van der Waals surface area contributed by atoms with Gasteiger partial charge in [0.05, 0.1) is 24.6 Å². The molecule has 0 radical (unpaired) electrons. The predicted molar refractivity (Wildman–Crippen MR) is 89.3 cm³/mol. The average molecular weight is 315 g/mol. The maximum absolute atomic E-state index is 12.1. The van der Waals surface area contributed by atoms with Crippen LogP contribution in [0.2, 0.25) is 0 Å². The van der Waals surface area contributed by atoms with E-state index in [1.807, 2.05) is 24.3 Å². The molecule has 2 aromatic rings. The lowest BCUT2D eigenvalue weighted by Gasteiger charge is -2.09. The van der Waals surface area contributed by atoms with Gasteiger partial charge in [-0.25, -0.2) is 0 Å². The second kappa shape index (κ2) is 8.75. The molecule has 0 bridgehead atoms. The Hall–Kier alpha value is -2.60. The highest BCUT2D eigenvalue weighted by atomic mass is 16.5. The minimum Gasteiger partial charge on any atom is -0.497 e. The number of amides is 1. The van der Waals surface area contributed by atoms with Crippen LogP contribution in [0.4, 0.5) is 11.4 Å². The fourth-order valence-electron chi connectivity index (χ4n) is 1.99. The van der Waals surface area contributed by atoms with Gasteiger partial charge in [0.25, 0.3) is 5.91 Å². The highest BCUT2D eigenvalue weighted by Gasteiger charge is 2.06. The van der Waals surface area contributed by atoms with Crippen LogP contribution in [0.25, 0.3) is 0 Å². The zero-order valence-corrected chi connectivity index (χ0v) is 13.3. The monoisotopic (exact) mass is 315 g/mol. The fourth-order valence-corrected chi connectivity index (χ4v) is 1.99. The zero-order valence-electron chi connectivity index (χ0n) is 13.3. The lowest BCUT2D eigenvalue weighted by Crippen LogP contribution is -2.25. The van der Waals surface area contributed by atoms with Gasteiger partial charge in [-0.2, -0.15) is 0 Å². The summed E-state index contributed by atoms with van der Waals surface area (Å²) in [5.41, 5.74) is 2.16. The van der Waals surface area contributed by atoms with Crippen LogP contribution in [0.15, 0.2) is 42.7 Å². The fraction of sp³-hybridized carbons (Fsp3) is 0.294. The van der Waals surface area contributed by atoms with Gasteiger partial charge in [-0.1, -0.05) is 0 Å². The molecule has 0 unspecified atom stereocenters. The van der Waals surface area contributed by atoms with Gasteiger partial charge in [0, 0.05) is 32.1 Å². The zero-order chi connectivity index (χ0) is 16.5. The standard InChI is InChI=1S/C17H21N3O3/c1-22-9-3-8-19-17(21)13-10-15(12-18-11-13)20-14-4-6-16(23-2)7-5-14/h4-7,10-12,20H,3,8-9H2,1-2H3,(H,19,21). The molecule has 0 aliphatic heterocycles. The quantitative estimate of drug-likeness (QED) is 0.733. The Balaban J connectivity index is 1.96. The Morgan fingerprint density at radius 1 is 1.13 bits per heavy atom. The molecule has 1 aromatic heterocycles. The van der Waals surface area contributed by atoms with Crippen LogP contribution in [0.1, 0.15) is 16.8 Å². The van der Waals surface area contributed by atoms with Gasteiger partial charge in [-0.15, -0.1) is 0 Å². The predicted octanol–water partition coefficient (Wildman–Crippen LogP) is 2.60. The van der Waals surface area contributed by atoms with Crippen LogP contribution >= 0.6 is 0 Å². The van der Waals surface area contributed by atoms with Gasteiger partial charge in [0.2, 0.25) is 0 Å². The number of benzene rings is 1. The van der Waals surface area contributed by atoms with E-state index in [0.29, 0.717) is 18.7 Å². The first-order chi connectivity index (χ1) is 11.2. The SMILES string of the molecule is COCCCNC(=O)c1cncc(Nc2ccc(OC)cc2)c1. The number of nitrogens with one attached hydrogen (secondary N) is 2. The average Bonchev–Trinajstić information content (AvgIpc) is 2.59. The molecule has 0 fully saturated rings. The van der Waals surface area contributed by atoms with Crippen molar-refractivity contribution >= 4 is 17.3 Å². The van der Waals surface area contributed by atoms with Gasteiger partial charge in [-0.05, 0) is 36.8 Å². The largest absolute Gasteiger partial charge is 0.497 e. The van der Waals surface area contributed by atoms with Crippen molar-refractivity contribution < 1.29 is 14.3 Å². The molecule has 6 heteroatoms. The molecular formula is C17H21N3O3. The van der Waals surface area contributed by atoms with Crippen LogP contribution in [0.3, 0.4) is 0 Å². The molecule has 1 aromatic carbocycles. The molecule has 1 amide bonds. The van der Waals surface area contributed by atoms with E-state index >= 15 is 0 Å². The van der Waals surface area contributed by atoms with Gasteiger partial charge >= 0.3 is 0 Å². The minimum atomic E-state index is -0.146. The van der Waals surface area contributed by atoms with Crippen LogP contribution < -0.4 is 15.4 Å². The molecule has 0 saturated carbocycles. The number of rotatable bonds is 8. The Morgan fingerprint density at radius 3 is 2.61 bits per heavy atom. The third kappa shape index (κ3) is 5.27. The molecule has 23 heavy (non-hydrogen) atoms. The summed E-state index contributed by atoms with van der Waals surface area (Å²) >= 11 is 0. The van der Waals surface area contributed by atoms with E-state index in [1.165, 1.54) is 0 Å². The molecule has 2 N–H and O–H groups in total. The molecule has 0 spiro atoms. The number of aromatic nitrogens is 1. The normalized spacial score (nSPS) is 10.2. The van der Waals surface area contributed by atoms with Crippen molar-refractivity contribution in [2.45, 2.75) is 6.42 Å². The number of ether oxygens (including phenoxy) is 2. The number of hydrogen-bond acceptors (Lipinski definition) is 5. The summed E-state index contributed by atoms with van der Waals surface area (Å²) in [7, 11) is 3.27. The lowest BCUT2D eigenvalue weighted by atomic mass is 10.2. The molecule has 2 rings (SSSR count). The number of carbonyl (C=O) groups is 1. The van der Waals surface area contributed by atoms with Crippen molar-refractivity contribution in [3.63, 3.8) is 0 Å². The van der Waals surface area contributed by atoms with E-state index in [9.17, 15) is 4.79 Å². The highest BCUT2D eigenvalue weighted by Crippen LogP contribution is 2.19. The Kier molecular flexibility index (Phi) is 6.38. The summed E-state index contributed by atoms with van der Waals surface area (Å²) in [6.07, 6.45) is 4.00. The molecular weight excluding hydrogens is 294 g/mol. The van der Waals surface area contributed by atoms with Crippen molar-refractivity contribution in [1.29, 1.82) is 0 Å². The van der Waals surface area contributed by atoms with Crippen LogP contribution in [-0.2, 0) is 4.74 Å². The summed E-state index contributed by atoms with van der Waals surface area (Å²) in [6.45, 7) is 1.19. The maximum atomic E-state index is 12.1. The van der Waals surface area contributed by atoms with Crippen LogP contribution in [-0.4, -0.2) is 38.3 Å². The molecule has 0 saturated heterocycles. The Morgan fingerprint density at radius 2 is 1.91 bits per heavy atom. The van der Waals surface area contributed by atoms with Crippen molar-refractivity contribution in [3.05, 3.63) is 48.3 Å². The summed E-state index contributed by atoms with van der Waals surface area (Å²) < 4.78 is 10.1. The van der Waals surface area contributed by atoms with E-state index in [1.54, 1.807) is 32.7 Å². The first kappa shape index (κ1) is 16.8. The van der Waals surface area contributed by atoms with Crippen molar-refractivity contribution in [2.24, 2.45) is 0 Å². The highest BCUT2D eigenvalue weighted by molar-refractivity contribution is 5.94. The second-order valence-electron chi connectivity index (χ2n) is 4.92. The third-order valence-electron chi connectivity index (χ3n) is 3.19. The number of pyridine rings is 1. The van der Waals surface area contributed by atoms with Crippen molar-refractivity contribution in [2.75, 3.05) is 32.7 Å². The summed E-state index contributed by atoms with van der Waals surface area (Å²) in [4.78, 5) is 16.2. The summed E-state index contributed by atoms with van der Waals surface area (Å²) in [5.74, 6) is 0.643. The lowest BCUT2D eigenvalue weighted by molar-refractivity contribution is 0.0948. The Bertz CT molecular complexity index is 629. The van der Waals surface area contributed by atoms with Crippen molar-refractivity contribution in [3.8, 4) is 5.75 Å². The van der Waals surface area contributed by atoms with E-state index in [-0.39, 0.29) is 5.91 Å². The van der Waals surface area contributed by atoms with Gasteiger partial charge in [-0.3, -0.25) is 9.78 Å². The molecule has 6 nitrogen and oxygen atoms in total. The van der Waals surface area contributed by atoms with E-state index < -0.39 is 0 Å². The Labute approximate surface area is 135 Å². The number of carbonyl (C=O) groups excluding carboxylic acids is 1. The summed E-state index contributed by atoms with van der Waals surface area (Å²) in [5, 5.41) is 6.05. The smallest absolute Gasteiger partial charge is 0.252 e. The minimum absolute atomic E-state index is 0.146. The number of anilines is 2. The van der Waals surface area contributed by atoms with Crippen LogP contribution in [0, 0.1) is 0 Å². The second-order valence-corrected chi connectivity index (χ2v) is 4.92. The van der Waals surface area contributed by atoms with E-state index in [0.717, 1.165) is 23.5 Å². The summed E-state index contributed by atoms with van der Waals surface area (Å²) in [6, 6.07) is 9.29. The van der Waals surface area contributed by atoms with Gasteiger partial charge in [0.15, 0.2) is 0 Å². The number of methoxy groups -OCH3 is 2.